The van der Waals surface area contributed by atoms with Crippen molar-refractivity contribution in [1.82, 2.24) is 0 Å². The molecule has 2 nitrogen and oxygen atoms in total. The number of nitrogens with one attached hydrogen (secondary N) is 1. The van der Waals surface area contributed by atoms with E-state index in [4.69, 9.17) is 0 Å². The molecule has 1 aromatic carbocycles. The van der Waals surface area contributed by atoms with Crippen molar-refractivity contribution in [3.8, 4) is 0 Å². The molecule has 0 radical (unpaired) electrons. The van der Waals surface area contributed by atoms with Crippen molar-refractivity contribution in [2.24, 2.45) is 0 Å². The minimum absolute atomic E-state index is 0.122. The van der Waals surface area contributed by atoms with Crippen molar-refractivity contribution < 1.29 is 4.79 Å². The van der Waals surface area contributed by atoms with Gasteiger partial charge >= 0.3 is 0 Å². The van der Waals surface area contributed by atoms with Crippen LogP contribution in [0.25, 0.3) is 0 Å². The van der Waals surface area contributed by atoms with E-state index in [9.17, 15) is 4.79 Å². The second-order valence-electron chi connectivity index (χ2n) is 3.56. The summed E-state index contributed by atoms with van der Waals surface area (Å²) < 4.78 is 0.974. The average molecular weight is 254 g/mol. The van der Waals surface area contributed by atoms with E-state index in [1.165, 1.54) is 5.56 Å². The van der Waals surface area contributed by atoms with E-state index >= 15 is 0 Å². The van der Waals surface area contributed by atoms with Crippen LogP contribution in [0.1, 0.15) is 31.2 Å². The fraction of sp³-hybridized carbons (Fsp3) is 0.364. The minimum atomic E-state index is 0.122. The lowest BCUT2D eigenvalue weighted by atomic mass is 9.89. The molecule has 0 spiro atoms. The number of amides is 1. The van der Waals surface area contributed by atoms with Gasteiger partial charge in [-0.05, 0) is 39.9 Å². The molecule has 0 saturated carbocycles. The molecule has 0 aliphatic carbocycles. The molecule has 0 saturated heterocycles. The fourth-order valence-corrected chi connectivity index (χ4v) is 2.38. The zero-order chi connectivity index (χ0) is 10.1. The Morgan fingerprint density at radius 1 is 1.57 bits per heavy atom. The number of carbonyl (C=O) groups is 1. The summed E-state index contributed by atoms with van der Waals surface area (Å²) in [5.74, 6) is 0.493. The Labute approximate surface area is 91.8 Å². The maximum Gasteiger partial charge on any atom is 0.225 e. The van der Waals surface area contributed by atoms with E-state index in [-0.39, 0.29) is 5.91 Å². The number of carbonyl (C=O) groups excluding carboxylic acids is 1. The minimum Gasteiger partial charge on any atom is -0.325 e. The van der Waals surface area contributed by atoms with E-state index < -0.39 is 0 Å². The van der Waals surface area contributed by atoms with Crippen LogP contribution in [0.2, 0.25) is 0 Å². The Kier molecular flexibility index (Phi) is 2.59. The highest BCUT2D eigenvalue weighted by atomic mass is 79.9. The van der Waals surface area contributed by atoms with Gasteiger partial charge in [-0.25, -0.2) is 0 Å². The largest absolute Gasteiger partial charge is 0.325 e. The average Bonchev–Trinajstić information content (AvgIpc) is 2.18. The van der Waals surface area contributed by atoms with Gasteiger partial charge < -0.3 is 5.32 Å². The molecular weight excluding hydrogens is 242 g/mol. The Bertz CT molecular complexity index is 376. The number of benzene rings is 1. The van der Waals surface area contributed by atoms with Gasteiger partial charge in [-0.1, -0.05) is 19.1 Å². The summed E-state index contributed by atoms with van der Waals surface area (Å²) in [6.45, 7) is 2.12. The van der Waals surface area contributed by atoms with Crippen molar-refractivity contribution in [2.75, 3.05) is 5.32 Å². The highest BCUT2D eigenvalue weighted by Gasteiger charge is 2.24. The lowest BCUT2D eigenvalue weighted by Crippen LogP contribution is -2.22. The van der Waals surface area contributed by atoms with Crippen LogP contribution in [0.4, 0.5) is 5.69 Å². The van der Waals surface area contributed by atoms with Crippen molar-refractivity contribution in [3.05, 3.63) is 28.2 Å². The fourth-order valence-electron chi connectivity index (χ4n) is 1.90. The SMILES string of the molecule is CCC1CC(=O)Nc2c(Br)cccc21. The van der Waals surface area contributed by atoms with Gasteiger partial charge in [-0.3, -0.25) is 4.79 Å². The summed E-state index contributed by atoms with van der Waals surface area (Å²) in [5, 5.41) is 2.91. The Morgan fingerprint density at radius 2 is 2.36 bits per heavy atom. The van der Waals surface area contributed by atoms with E-state index in [1.807, 2.05) is 12.1 Å². The number of hydrogen-bond donors (Lipinski definition) is 1. The van der Waals surface area contributed by atoms with E-state index in [0.717, 1.165) is 16.6 Å². The smallest absolute Gasteiger partial charge is 0.225 e. The molecule has 1 aliphatic heterocycles. The Morgan fingerprint density at radius 3 is 3.07 bits per heavy atom. The molecule has 1 heterocycles. The third-order valence-electron chi connectivity index (χ3n) is 2.67. The maximum atomic E-state index is 11.4. The van der Waals surface area contributed by atoms with Crippen molar-refractivity contribution in [2.45, 2.75) is 25.7 Å². The molecule has 1 atom stereocenters. The van der Waals surface area contributed by atoms with Gasteiger partial charge in [0.25, 0.3) is 0 Å². The first-order chi connectivity index (χ1) is 6.72. The second-order valence-corrected chi connectivity index (χ2v) is 4.42. The van der Waals surface area contributed by atoms with E-state index in [0.29, 0.717) is 12.3 Å². The van der Waals surface area contributed by atoms with Gasteiger partial charge in [0.1, 0.15) is 0 Å². The lowest BCUT2D eigenvalue weighted by molar-refractivity contribution is -0.116. The molecule has 0 aromatic heterocycles. The molecule has 1 aromatic rings. The summed E-state index contributed by atoms with van der Waals surface area (Å²) in [5.41, 5.74) is 2.21. The third-order valence-corrected chi connectivity index (χ3v) is 3.34. The number of hydrogen-bond acceptors (Lipinski definition) is 1. The summed E-state index contributed by atoms with van der Waals surface area (Å²) in [6, 6.07) is 6.06. The van der Waals surface area contributed by atoms with Crippen molar-refractivity contribution >= 4 is 27.5 Å². The molecule has 1 unspecified atom stereocenters. The molecule has 14 heavy (non-hydrogen) atoms. The molecule has 1 amide bonds. The first-order valence-corrected chi connectivity index (χ1v) is 5.60. The topological polar surface area (TPSA) is 29.1 Å². The van der Waals surface area contributed by atoms with Crippen LogP contribution in [0.15, 0.2) is 22.7 Å². The predicted octanol–water partition coefficient (Wildman–Crippen LogP) is 3.28. The Hall–Kier alpha value is -0.830. The highest BCUT2D eigenvalue weighted by molar-refractivity contribution is 9.10. The third kappa shape index (κ3) is 1.57. The summed E-state index contributed by atoms with van der Waals surface area (Å²) in [7, 11) is 0. The van der Waals surface area contributed by atoms with Crippen LogP contribution in [-0.4, -0.2) is 5.91 Å². The van der Waals surface area contributed by atoms with Crippen molar-refractivity contribution in [1.29, 1.82) is 0 Å². The van der Waals surface area contributed by atoms with Gasteiger partial charge in [0.15, 0.2) is 0 Å². The van der Waals surface area contributed by atoms with Gasteiger partial charge in [-0.2, -0.15) is 0 Å². The molecule has 1 N–H and O–H groups in total. The lowest BCUT2D eigenvalue weighted by Gasteiger charge is -2.25. The number of para-hydroxylation sites is 1. The van der Waals surface area contributed by atoms with Gasteiger partial charge in [0.05, 0.1) is 5.69 Å². The number of fused-ring (bicyclic) bond motifs is 1. The van der Waals surface area contributed by atoms with E-state index in [1.54, 1.807) is 0 Å². The Balaban J connectivity index is 2.50. The first-order valence-electron chi connectivity index (χ1n) is 4.80. The van der Waals surface area contributed by atoms with Crippen LogP contribution >= 0.6 is 15.9 Å². The summed E-state index contributed by atoms with van der Waals surface area (Å²) >= 11 is 3.45. The number of rotatable bonds is 1. The normalized spacial score (nSPS) is 20.1. The predicted molar refractivity (Wildman–Crippen MR) is 60.4 cm³/mol. The van der Waals surface area contributed by atoms with Crippen LogP contribution < -0.4 is 5.32 Å². The number of halogens is 1. The number of anilines is 1. The maximum absolute atomic E-state index is 11.4. The molecule has 1 aliphatic rings. The quantitative estimate of drug-likeness (QED) is 0.818. The van der Waals surface area contributed by atoms with Gasteiger partial charge in [-0.15, -0.1) is 0 Å². The first kappa shape index (κ1) is 9.71. The molecule has 0 bridgehead atoms. The highest BCUT2D eigenvalue weighted by Crippen LogP contribution is 2.38. The van der Waals surface area contributed by atoms with Crippen LogP contribution in [-0.2, 0) is 4.79 Å². The van der Waals surface area contributed by atoms with E-state index in [2.05, 4.69) is 34.2 Å². The molecule has 74 valence electrons. The van der Waals surface area contributed by atoms with Crippen molar-refractivity contribution in [3.63, 3.8) is 0 Å². The monoisotopic (exact) mass is 253 g/mol. The van der Waals surface area contributed by atoms with Gasteiger partial charge in [0, 0.05) is 10.9 Å². The molecular formula is C11H12BrNO. The second kappa shape index (κ2) is 3.73. The molecule has 0 fully saturated rings. The zero-order valence-electron chi connectivity index (χ0n) is 8.01. The van der Waals surface area contributed by atoms with Crippen LogP contribution in [0, 0.1) is 0 Å². The summed E-state index contributed by atoms with van der Waals surface area (Å²) in [4.78, 5) is 11.4. The summed E-state index contributed by atoms with van der Waals surface area (Å²) in [6.07, 6.45) is 1.62. The molecule has 3 heteroatoms. The molecule has 2 rings (SSSR count). The van der Waals surface area contributed by atoms with Gasteiger partial charge in [0.2, 0.25) is 5.91 Å². The van der Waals surface area contributed by atoms with Crippen LogP contribution in [0.3, 0.4) is 0 Å². The standard InChI is InChI=1S/C11H12BrNO/c1-2-7-6-10(14)13-11-8(7)4-3-5-9(11)12/h3-5,7H,2,6H2,1H3,(H,13,14). The van der Waals surface area contributed by atoms with Crippen LogP contribution in [0.5, 0.6) is 0 Å². The zero-order valence-corrected chi connectivity index (χ0v) is 9.60.